The average molecular weight is 403 g/mol. The van der Waals surface area contributed by atoms with Crippen LogP contribution in [0.15, 0.2) is 47.6 Å². The van der Waals surface area contributed by atoms with E-state index >= 15 is 0 Å². The Bertz CT molecular complexity index is 928. The third kappa shape index (κ3) is 5.74. The summed E-state index contributed by atoms with van der Waals surface area (Å²) in [6, 6.07) is 12.9. The van der Waals surface area contributed by atoms with Crippen molar-refractivity contribution in [1.82, 2.24) is 15.2 Å². The topological polar surface area (TPSA) is 79.9 Å². The number of hydrogen-bond donors (Lipinski definition) is 2. The fourth-order valence-electron chi connectivity index (χ4n) is 2.24. The molecule has 0 aliphatic heterocycles. The molecule has 0 saturated heterocycles. The minimum Gasteiger partial charge on any atom is -0.486 e. The van der Waals surface area contributed by atoms with Crippen molar-refractivity contribution in [2.75, 3.05) is 11.1 Å². The maximum Gasteiger partial charge on any atom is 0.234 e. The summed E-state index contributed by atoms with van der Waals surface area (Å²) in [4.78, 5) is 16.4. The van der Waals surface area contributed by atoms with E-state index in [4.69, 9.17) is 16.3 Å². The van der Waals surface area contributed by atoms with Gasteiger partial charge in [-0.05, 0) is 61.4 Å². The quantitative estimate of drug-likeness (QED) is 0.573. The van der Waals surface area contributed by atoms with Crippen molar-refractivity contribution in [3.05, 3.63) is 64.4 Å². The molecule has 2 aromatic carbocycles. The molecule has 1 aromatic heterocycles. The summed E-state index contributed by atoms with van der Waals surface area (Å²) in [6.45, 7) is 4.30. The molecule has 3 aromatic rings. The lowest BCUT2D eigenvalue weighted by atomic mass is 10.1. The highest BCUT2D eigenvalue weighted by Gasteiger charge is 2.09. The predicted molar refractivity (Wildman–Crippen MR) is 107 cm³/mol. The number of hydrogen-bond acceptors (Lipinski definition) is 5. The summed E-state index contributed by atoms with van der Waals surface area (Å²) in [5, 5.41) is 10.9. The van der Waals surface area contributed by atoms with Crippen molar-refractivity contribution >= 4 is 35.0 Å². The van der Waals surface area contributed by atoms with Crippen molar-refractivity contribution in [3.8, 4) is 5.75 Å². The van der Waals surface area contributed by atoms with E-state index in [-0.39, 0.29) is 18.3 Å². The molecular formula is C19H19ClN4O2S. The van der Waals surface area contributed by atoms with Gasteiger partial charge in [-0.3, -0.25) is 9.89 Å². The fraction of sp³-hybridized carbons (Fsp3) is 0.211. The largest absolute Gasteiger partial charge is 0.486 e. The number of H-pyrrole nitrogens is 1. The van der Waals surface area contributed by atoms with Gasteiger partial charge in [0.2, 0.25) is 11.1 Å². The smallest absolute Gasteiger partial charge is 0.234 e. The summed E-state index contributed by atoms with van der Waals surface area (Å²) in [5.41, 5.74) is 3.12. The van der Waals surface area contributed by atoms with Gasteiger partial charge >= 0.3 is 0 Å². The second-order valence-corrected chi connectivity index (χ2v) is 7.32. The number of benzene rings is 2. The van der Waals surface area contributed by atoms with Crippen molar-refractivity contribution in [2.24, 2.45) is 0 Å². The molecule has 0 unspecified atom stereocenters. The number of ether oxygens (including phenoxy) is 1. The predicted octanol–water partition coefficient (Wildman–Crippen LogP) is 4.38. The molecule has 0 fully saturated rings. The summed E-state index contributed by atoms with van der Waals surface area (Å²) < 4.78 is 5.60. The van der Waals surface area contributed by atoms with Crippen molar-refractivity contribution in [3.63, 3.8) is 0 Å². The molecule has 1 amide bonds. The summed E-state index contributed by atoms with van der Waals surface area (Å²) in [5.74, 6) is 1.40. The van der Waals surface area contributed by atoms with E-state index in [9.17, 15) is 4.79 Å². The highest BCUT2D eigenvalue weighted by Crippen LogP contribution is 2.18. The number of amides is 1. The molecule has 0 bridgehead atoms. The third-order valence-corrected chi connectivity index (χ3v) is 4.92. The Morgan fingerprint density at radius 2 is 1.96 bits per heavy atom. The number of aryl methyl sites for hydroxylation is 2. The molecule has 0 aliphatic rings. The minimum atomic E-state index is -0.105. The minimum absolute atomic E-state index is 0.105. The first-order valence-corrected chi connectivity index (χ1v) is 9.65. The maximum absolute atomic E-state index is 12.1. The molecule has 2 N–H and O–H groups in total. The molecule has 6 nitrogen and oxygen atoms in total. The van der Waals surface area contributed by atoms with E-state index in [1.165, 1.54) is 17.3 Å². The number of halogens is 1. The Balaban J connectivity index is 1.46. The van der Waals surface area contributed by atoms with Gasteiger partial charge in [-0.15, -0.1) is 5.10 Å². The van der Waals surface area contributed by atoms with Crippen molar-refractivity contribution in [1.29, 1.82) is 0 Å². The van der Waals surface area contributed by atoms with Gasteiger partial charge in [-0.1, -0.05) is 29.4 Å². The molecule has 8 heteroatoms. The van der Waals surface area contributed by atoms with E-state index in [0.29, 0.717) is 21.8 Å². The normalized spacial score (nSPS) is 10.6. The first-order chi connectivity index (χ1) is 13.0. The molecule has 27 heavy (non-hydrogen) atoms. The number of carbonyl (C=O) groups is 1. The zero-order chi connectivity index (χ0) is 19.2. The van der Waals surface area contributed by atoms with Gasteiger partial charge in [0.05, 0.1) is 5.75 Å². The first-order valence-electron chi connectivity index (χ1n) is 8.29. The summed E-state index contributed by atoms with van der Waals surface area (Å²) in [7, 11) is 0. The lowest BCUT2D eigenvalue weighted by molar-refractivity contribution is -0.113. The Hall–Kier alpha value is -2.51. The molecule has 140 valence electrons. The zero-order valence-corrected chi connectivity index (χ0v) is 16.5. The van der Waals surface area contributed by atoms with Crippen LogP contribution in [0.25, 0.3) is 0 Å². The SMILES string of the molecule is Cc1ccc(NC(=O)CSc2n[nH]c(COc3ccc(Cl)cc3)n2)cc1C. The van der Waals surface area contributed by atoms with Crippen LogP contribution in [0.4, 0.5) is 5.69 Å². The van der Waals surface area contributed by atoms with Gasteiger partial charge in [-0.2, -0.15) is 0 Å². The van der Waals surface area contributed by atoms with E-state index in [1.807, 2.05) is 32.0 Å². The van der Waals surface area contributed by atoms with Crippen LogP contribution >= 0.6 is 23.4 Å². The summed E-state index contributed by atoms with van der Waals surface area (Å²) >= 11 is 7.10. The Kier molecular flexibility index (Phi) is 6.36. The molecule has 0 radical (unpaired) electrons. The van der Waals surface area contributed by atoms with E-state index in [2.05, 4.69) is 20.5 Å². The van der Waals surface area contributed by atoms with Crippen molar-refractivity contribution in [2.45, 2.75) is 25.6 Å². The molecule has 0 aliphatic carbocycles. The number of nitrogens with one attached hydrogen (secondary N) is 2. The van der Waals surface area contributed by atoms with E-state index < -0.39 is 0 Å². The standard InChI is InChI=1S/C19H19ClN4O2S/c1-12-3-6-15(9-13(12)2)21-18(25)11-27-19-22-17(23-24-19)10-26-16-7-4-14(20)5-8-16/h3-9H,10-11H2,1-2H3,(H,21,25)(H,22,23,24). The average Bonchev–Trinajstić information content (AvgIpc) is 3.11. The Morgan fingerprint density at radius 1 is 1.19 bits per heavy atom. The van der Waals surface area contributed by atoms with Gasteiger partial charge in [0, 0.05) is 10.7 Å². The lowest BCUT2D eigenvalue weighted by Gasteiger charge is -2.06. The highest BCUT2D eigenvalue weighted by molar-refractivity contribution is 7.99. The number of nitrogens with zero attached hydrogens (tertiary/aromatic N) is 2. The molecule has 3 rings (SSSR count). The Morgan fingerprint density at radius 3 is 2.70 bits per heavy atom. The number of aromatic amines is 1. The molecule has 0 saturated carbocycles. The molecule has 0 spiro atoms. The van der Waals surface area contributed by atoms with Crippen molar-refractivity contribution < 1.29 is 9.53 Å². The number of thioether (sulfide) groups is 1. The van der Waals surface area contributed by atoms with Crippen LogP contribution in [0, 0.1) is 13.8 Å². The number of carbonyl (C=O) groups excluding carboxylic acids is 1. The van der Waals surface area contributed by atoms with Crippen LogP contribution in [0.2, 0.25) is 5.02 Å². The molecular weight excluding hydrogens is 384 g/mol. The van der Waals surface area contributed by atoms with Crippen LogP contribution in [0.3, 0.4) is 0 Å². The number of rotatable bonds is 7. The third-order valence-electron chi connectivity index (χ3n) is 3.82. The van der Waals surface area contributed by atoms with Crippen LogP contribution in [-0.2, 0) is 11.4 Å². The van der Waals surface area contributed by atoms with Gasteiger partial charge < -0.3 is 10.1 Å². The second-order valence-electron chi connectivity index (χ2n) is 5.94. The van der Waals surface area contributed by atoms with Crippen LogP contribution in [0.5, 0.6) is 5.75 Å². The highest BCUT2D eigenvalue weighted by atomic mass is 35.5. The van der Waals surface area contributed by atoms with Gasteiger partial charge in [0.25, 0.3) is 0 Å². The monoisotopic (exact) mass is 402 g/mol. The lowest BCUT2D eigenvalue weighted by Crippen LogP contribution is -2.14. The first kappa shape index (κ1) is 19.3. The zero-order valence-electron chi connectivity index (χ0n) is 15.0. The molecule has 1 heterocycles. The maximum atomic E-state index is 12.1. The van der Waals surface area contributed by atoms with Crippen LogP contribution < -0.4 is 10.1 Å². The van der Waals surface area contributed by atoms with Gasteiger partial charge in [0.15, 0.2) is 5.82 Å². The number of aromatic nitrogens is 3. The fourth-order valence-corrected chi connectivity index (χ4v) is 2.98. The van der Waals surface area contributed by atoms with E-state index in [0.717, 1.165) is 11.3 Å². The Labute approximate surface area is 166 Å². The molecule has 0 atom stereocenters. The van der Waals surface area contributed by atoms with Gasteiger partial charge in [0.1, 0.15) is 12.4 Å². The summed E-state index contributed by atoms with van der Waals surface area (Å²) in [6.07, 6.45) is 0. The van der Waals surface area contributed by atoms with Crippen LogP contribution in [-0.4, -0.2) is 26.8 Å². The van der Waals surface area contributed by atoms with E-state index in [1.54, 1.807) is 24.3 Å². The number of anilines is 1. The second kappa shape index (κ2) is 8.92. The van der Waals surface area contributed by atoms with Crippen LogP contribution in [0.1, 0.15) is 17.0 Å². The van der Waals surface area contributed by atoms with Gasteiger partial charge in [-0.25, -0.2) is 4.98 Å².